The Bertz CT molecular complexity index is 828. The number of nitrogens with one attached hydrogen (secondary N) is 2. The Hall–Kier alpha value is -2.42. The minimum Gasteiger partial charge on any atom is -0.298 e. The number of hydrazine groups is 1. The highest BCUT2D eigenvalue weighted by atomic mass is 35.5. The van der Waals surface area contributed by atoms with Crippen molar-refractivity contribution in [3.8, 4) is 12.1 Å². The van der Waals surface area contributed by atoms with Gasteiger partial charge < -0.3 is 0 Å². The van der Waals surface area contributed by atoms with E-state index in [1.165, 1.54) is 12.2 Å². The van der Waals surface area contributed by atoms with Crippen LogP contribution in [-0.2, 0) is 4.79 Å². The third-order valence-electron chi connectivity index (χ3n) is 3.78. The molecular formula is C16H11Cl2F3N4O. The summed E-state index contributed by atoms with van der Waals surface area (Å²) in [6, 6.07) is 3.57. The molecule has 0 fully saturated rings. The van der Waals surface area contributed by atoms with Crippen molar-refractivity contribution < 1.29 is 18.0 Å². The van der Waals surface area contributed by atoms with Crippen LogP contribution in [0.1, 0.15) is 12.8 Å². The average molecular weight is 403 g/mol. The molecule has 2 rings (SSSR count). The molecule has 0 saturated carbocycles. The Kier molecular flexibility index (Phi) is 6.01. The van der Waals surface area contributed by atoms with Crippen LogP contribution in [0.3, 0.4) is 0 Å². The molecule has 136 valence electrons. The summed E-state index contributed by atoms with van der Waals surface area (Å²) in [5.74, 6) is -2.39. The SMILES string of the molecule is N#CC1=C(Cl)CC(C(=O)NNC2=C(C(F)(F)F)CC(C#N)C=C2)C=C1Cl. The first-order valence-corrected chi connectivity index (χ1v) is 8.03. The van der Waals surface area contributed by atoms with Crippen molar-refractivity contribution in [2.45, 2.75) is 19.0 Å². The molecule has 0 aromatic rings. The Morgan fingerprint density at radius 3 is 2.50 bits per heavy atom. The second-order valence-corrected chi connectivity index (χ2v) is 6.38. The molecule has 10 heteroatoms. The fraction of sp³-hybridized carbons (Fsp3) is 0.312. The van der Waals surface area contributed by atoms with Crippen LogP contribution in [0.4, 0.5) is 13.2 Å². The molecule has 0 radical (unpaired) electrons. The highest BCUT2D eigenvalue weighted by Gasteiger charge is 2.38. The van der Waals surface area contributed by atoms with E-state index in [1.54, 1.807) is 6.07 Å². The van der Waals surface area contributed by atoms with Gasteiger partial charge in [-0.3, -0.25) is 15.6 Å². The molecule has 2 aliphatic rings. The number of allylic oxidation sites excluding steroid dienone is 6. The van der Waals surface area contributed by atoms with Crippen molar-refractivity contribution in [3.05, 3.63) is 45.1 Å². The van der Waals surface area contributed by atoms with E-state index in [-0.39, 0.29) is 27.8 Å². The molecule has 2 atom stereocenters. The maximum absolute atomic E-state index is 13.1. The van der Waals surface area contributed by atoms with Crippen LogP contribution in [0.2, 0.25) is 0 Å². The number of nitriles is 2. The summed E-state index contributed by atoms with van der Waals surface area (Å²) >= 11 is 11.8. The number of hydrogen-bond acceptors (Lipinski definition) is 4. The number of rotatable bonds is 3. The Morgan fingerprint density at radius 1 is 1.27 bits per heavy atom. The Balaban J connectivity index is 2.11. The van der Waals surface area contributed by atoms with E-state index in [0.717, 1.165) is 6.08 Å². The van der Waals surface area contributed by atoms with Crippen molar-refractivity contribution in [2.24, 2.45) is 11.8 Å². The molecule has 0 aromatic carbocycles. The highest BCUT2D eigenvalue weighted by Crippen LogP contribution is 2.36. The minimum atomic E-state index is -4.64. The summed E-state index contributed by atoms with van der Waals surface area (Å²) in [6.07, 6.45) is -1.42. The molecule has 26 heavy (non-hydrogen) atoms. The van der Waals surface area contributed by atoms with Gasteiger partial charge in [-0.15, -0.1) is 0 Å². The van der Waals surface area contributed by atoms with Gasteiger partial charge in [0.2, 0.25) is 5.91 Å². The summed E-state index contributed by atoms with van der Waals surface area (Å²) in [5.41, 5.74) is 3.20. The van der Waals surface area contributed by atoms with Crippen LogP contribution < -0.4 is 10.9 Å². The van der Waals surface area contributed by atoms with E-state index in [4.69, 9.17) is 33.7 Å². The zero-order valence-corrected chi connectivity index (χ0v) is 14.5. The molecule has 0 aromatic heterocycles. The normalized spacial score (nSPS) is 23.1. The van der Waals surface area contributed by atoms with E-state index < -0.39 is 35.9 Å². The molecule has 2 N–H and O–H groups in total. The van der Waals surface area contributed by atoms with E-state index >= 15 is 0 Å². The fourth-order valence-corrected chi connectivity index (χ4v) is 3.10. The van der Waals surface area contributed by atoms with E-state index in [1.807, 2.05) is 6.07 Å². The lowest BCUT2D eigenvalue weighted by molar-refractivity contribution is -0.124. The second-order valence-electron chi connectivity index (χ2n) is 5.52. The Morgan fingerprint density at radius 2 is 1.96 bits per heavy atom. The Labute approximate surface area is 157 Å². The van der Waals surface area contributed by atoms with Gasteiger partial charge in [0.15, 0.2) is 0 Å². The van der Waals surface area contributed by atoms with Gasteiger partial charge in [0.1, 0.15) is 6.07 Å². The van der Waals surface area contributed by atoms with Crippen LogP contribution in [-0.4, -0.2) is 12.1 Å². The molecule has 2 unspecified atom stereocenters. The molecule has 0 saturated heterocycles. The van der Waals surface area contributed by atoms with Crippen molar-refractivity contribution in [1.29, 1.82) is 10.5 Å². The zero-order valence-electron chi connectivity index (χ0n) is 13.0. The lowest BCUT2D eigenvalue weighted by Crippen LogP contribution is -2.42. The van der Waals surface area contributed by atoms with Crippen molar-refractivity contribution in [3.63, 3.8) is 0 Å². The summed E-state index contributed by atoms with van der Waals surface area (Å²) in [6.45, 7) is 0. The van der Waals surface area contributed by atoms with Crippen molar-refractivity contribution in [1.82, 2.24) is 10.9 Å². The van der Waals surface area contributed by atoms with Crippen LogP contribution in [0.25, 0.3) is 0 Å². The third kappa shape index (κ3) is 4.40. The number of nitrogens with zero attached hydrogens (tertiary/aromatic N) is 2. The van der Waals surface area contributed by atoms with Crippen molar-refractivity contribution in [2.75, 3.05) is 0 Å². The summed E-state index contributed by atoms with van der Waals surface area (Å²) in [7, 11) is 0. The number of halogens is 5. The number of alkyl halides is 3. The topological polar surface area (TPSA) is 88.7 Å². The molecule has 5 nitrogen and oxygen atoms in total. The average Bonchev–Trinajstić information content (AvgIpc) is 2.58. The molecule has 0 heterocycles. The minimum absolute atomic E-state index is 0.00566. The molecule has 0 bridgehead atoms. The zero-order chi connectivity index (χ0) is 19.5. The van der Waals surface area contributed by atoms with Crippen molar-refractivity contribution >= 4 is 29.1 Å². The van der Waals surface area contributed by atoms with Crippen LogP contribution in [0.15, 0.2) is 45.1 Å². The molecule has 0 spiro atoms. The smallest absolute Gasteiger partial charge is 0.298 e. The molecule has 1 amide bonds. The van der Waals surface area contributed by atoms with Gasteiger partial charge in [-0.1, -0.05) is 35.4 Å². The predicted octanol–water partition coefficient (Wildman–Crippen LogP) is 3.68. The first-order chi connectivity index (χ1) is 12.2. The lowest BCUT2D eigenvalue weighted by Gasteiger charge is -2.23. The standard InChI is InChI=1S/C16H11Cl2F3N4O/c17-12-4-9(5-13(18)10(12)7-23)15(26)25-24-14-2-1-8(6-22)3-11(14)16(19,20)21/h1-2,4,8-9,24H,3,5H2,(H,25,26). The summed E-state index contributed by atoms with van der Waals surface area (Å²) in [5, 5.41) is 17.8. The maximum atomic E-state index is 13.1. The number of amides is 1. The van der Waals surface area contributed by atoms with Crippen LogP contribution in [0.5, 0.6) is 0 Å². The largest absolute Gasteiger partial charge is 0.414 e. The maximum Gasteiger partial charge on any atom is 0.414 e. The van der Waals surface area contributed by atoms with Crippen LogP contribution in [0, 0.1) is 34.5 Å². The van der Waals surface area contributed by atoms with E-state index in [9.17, 15) is 18.0 Å². The van der Waals surface area contributed by atoms with Gasteiger partial charge in [-0.05, 0) is 18.9 Å². The molecular weight excluding hydrogens is 392 g/mol. The summed E-state index contributed by atoms with van der Waals surface area (Å²) < 4.78 is 39.4. The van der Waals surface area contributed by atoms with Gasteiger partial charge in [-0.25, -0.2) is 0 Å². The summed E-state index contributed by atoms with van der Waals surface area (Å²) in [4.78, 5) is 12.2. The number of carbonyl (C=O) groups is 1. The van der Waals surface area contributed by atoms with Gasteiger partial charge in [-0.2, -0.15) is 23.7 Å². The number of hydrogen-bond donors (Lipinski definition) is 2. The van der Waals surface area contributed by atoms with Crippen LogP contribution >= 0.6 is 23.2 Å². The van der Waals surface area contributed by atoms with Gasteiger partial charge in [0.05, 0.1) is 39.8 Å². The molecule has 2 aliphatic carbocycles. The molecule has 0 aliphatic heterocycles. The van der Waals surface area contributed by atoms with Gasteiger partial charge in [0, 0.05) is 5.03 Å². The third-order valence-corrected chi connectivity index (χ3v) is 4.44. The van der Waals surface area contributed by atoms with Gasteiger partial charge in [0.25, 0.3) is 0 Å². The number of carbonyl (C=O) groups excluding carboxylic acids is 1. The first-order valence-electron chi connectivity index (χ1n) is 7.27. The second kappa shape index (κ2) is 7.86. The highest BCUT2D eigenvalue weighted by molar-refractivity contribution is 6.36. The van der Waals surface area contributed by atoms with Gasteiger partial charge >= 0.3 is 6.18 Å². The van der Waals surface area contributed by atoms with E-state index in [0.29, 0.717) is 0 Å². The van der Waals surface area contributed by atoms with E-state index in [2.05, 4.69) is 10.9 Å². The predicted molar refractivity (Wildman–Crippen MR) is 87.8 cm³/mol. The fourth-order valence-electron chi connectivity index (χ4n) is 2.43. The monoisotopic (exact) mass is 402 g/mol. The quantitative estimate of drug-likeness (QED) is 0.704. The lowest BCUT2D eigenvalue weighted by atomic mass is 9.93. The first kappa shape index (κ1) is 19.9.